The molecule has 0 heterocycles. The van der Waals surface area contributed by atoms with Gasteiger partial charge in [-0.2, -0.15) is 0 Å². The lowest BCUT2D eigenvalue weighted by Crippen LogP contribution is -2.42. The molecule has 0 aromatic rings. The van der Waals surface area contributed by atoms with Crippen molar-refractivity contribution in [3.63, 3.8) is 0 Å². The second kappa shape index (κ2) is 5.19. The molecule has 0 rings (SSSR count). The molecular formula is C9H19NO3. The van der Waals surface area contributed by atoms with Gasteiger partial charge in [-0.05, 0) is 20.4 Å². The predicted molar refractivity (Wildman–Crippen MR) is 50.8 cm³/mol. The van der Waals surface area contributed by atoms with Gasteiger partial charge in [-0.25, -0.2) is 0 Å². The lowest BCUT2D eigenvalue weighted by atomic mass is 9.99. The van der Waals surface area contributed by atoms with Gasteiger partial charge in [-0.15, -0.1) is 0 Å². The number of likely N-dealkylation sites (N-methyl/N-ethyl adjacent to an activating group) is 1. The standard InChI is InChI=1S/C9H19NO3/c1-5-10-7(8(11)12)6-9(2,3)13-4/h7,10H,5-6H2,1-4H3,(H,11,12). The van der Waals surface area contributed by atoms with Crippen molar-refractivity contribution in [1.82, 2.24) is 5.32 Å². The molecule has 0 spiro atoms. The van der Waals surface area contributed by atoms with E-state index >= 15 is 0 Å². The smallest absolute Gasteiger partial charge is 0.320 e. The van der Waals surface area contributed by atoms with Gasteiger partial charge in [0.05, 0.1) is 5.60 Å². The van der Waals surface area contributed by atoms with Crippen LogP contribution >= 0.6 is 0 Å². The van der Waals surface area contributed by atoms with Crippen molar-refractivity contribution in [2.24, 2.45) is 0 Å². The van der Waals surface area contributed by atoms with Crippen molar-refractivity contribution in [2.75, 3.05) is 13.7 Å². The van der Waals surface area contributed by atoms with E-state index in [1.165, 1.54) is 0 Å². The first kappa shape index (κ1) is 12.4. The fourth-order valence-electron chi connectivity index (χ4n) is 1.07. The van der Waals surface area contributed by atoms with E-state index in [1.54, 1.807) is 7.11 Å². The number of carboxylic acid groups (broad SMARTS) is 1. The molecule has 0 aliphatic rings. The normalized spacial score (nSPS) is 14.2. The number of nitrogens with one attached hydrogen (secondary N) is 1. The Kier molecular flexibility index (Phi) is 4.95. The van der Waals surface area contributed by atoms with E-state index in [9.17, 15) is 4.79 Å². The molecule has 0 radical (unpaired) electrons. The second-order valence-corrected chi connectivity index (χ2v) is 3.62. The van der Waals surface area contributed by atoms with Crippen LogP contribution in [0.25, 0.3) is 0 Å². The molecule has 2 N–H and O–H groups in total. The molecule has 78 valence electrons. The van der Waals surface area contributed by atoms with Gasteiger partial charge < -0.3 is 15.2 Å². The Morgan fingerprint density at radius 2 is 2.15 bits per heavy atom. The van der Waals surface area contributed by atoms with Gasteiger partial charge in [0.15, 0.2) is 0 Å². The second-order valence-electron chi connectivity index (χ2n) is 3.62. The zero-order valence-corrected chi connectivity index (χ0v) is 8.76. The zero-order valence-electron chi connectivity index (χ0n) is 8.76. The number of rotatable bonds is 6. The van der Waals surface area contributed by atoms with Crippen LogP contribution in [0, 0.1) is 0 Å². The molecular weight excluding hydrogens is 170 g/mol. The summed E-state index contributed by atoms with van der Waals surface area (Å²) in [6.45, 7) is 6.28. The minimum atomic E-state index is -0.827. The lowest BCUT2D eigenvalue weighted by molar-refractivity contribution is -0.141. The molecule has 0 aliphatic carbocycles. The fraction of sp³-hybridized carbons (Fsp3) is 0.889. The summed E-state index contributed by atoms with van der Waals surface area (Å²) in [5.41, 5.74) is -0.398. The first-order valence-corrected chi connectivity index (χ1v) is 4.44. The quantitative estimate of drug-likeness (QED) is 0.650. The van der Waals surface area contributed by atoms with E-state index in [0.717, 1.165) is 0 Å². The lowest BCUT2D eigenvalue weighted by Gasteiger charge is -2.26. The molecule has 0 amide bonds. The van der Waals surface area contributed by atoms with Crippen LogP contribution in [0.2, 0.25) is 0 Å². The van der Waals surface area contributed by atoms with Crippen molar-refractivity contribution < 1.29 is 14.6 Å². The van der Waals surface area contributed by atoms with Crippen LogP contribution in [0.4, 0.5) is 0 Å². The van der Waals surface area contributed by atoms with Crippen molar-refractivity contribution in [1.29, 1.82) is 0 Å². The molecule has 4 heteroatoms. The summed E-state index contributed by atoms with van der Waals surface area (Å²) >= 11 is 0. The average molecular weight is 189 g/mol. The highest BCUT2D eigenvalue weighted by Crippen LogP contribution is 2.15. The summed E-state index contributed by atoms with van der Waals surface area (Å²) < 4.78 is 5.16. The SMILES string of the molecule is CCNC(CC(C)(C)OC)C(=O)O. The Hall–Kier alpha value is -0.610. The van der Waals surface area contributed by atoms with E-state index in [1.807, 2.05) is 20.8 Å². The van der Waals surface area contributed by atoms with Gasteiger partial charge in [-0.3, -0.25) is 4.79 Å². The van der Waals surface area contributed by atoms with Crippen LogP contribution in [0.1, 0.15) is 27.2 Å². The third kappa shape index (κ3) is 4.85. The number of aliphatic carboxylic acids is 1. The third-order valence-electron chi connectivity index (χ3n) is 2.00. The van der Waals surface area contributed by atoms with Crippen molar-refractivity contribution in [3.8, 4) is 0 Å². The average Bonchev–Trinajstić information content (AvgIpc) is 2.03. The molecule has 0 bridgehead atoms. The highest BCUT2D eigenvalue weighted by Gasteiger charge is 2.26. The number of methoxy groups -OCH3 is 1. The molecule has 0 saturated heterocycles. The van der Waals surface area contributed by atoms with Gasteiger partial charge in [0, 0.05) is 13.5 Å². The summed E-state index contributed by atoms with van der Waals surface area (Å²) in [5, 5.41) is 11.7. The van der Waals surface area contributed by atoms with Gasteiger partial charge in [-0.1, -0.05) is 6.92 Å². The maximum atomic E-state index is 10.8. The molecule has 0 aliphatic heterocycles. The Morgan fingerprint density at radius 1 is 1.62 bits per heavy atom. The van der Waals surface area contributed by atoms with Gasteiger partial charge in [0.25, 0.3) is 0 Å². The topological polar surface area (TPSA) is 58.6 Å². The Balaban J connectivity index is 4.17. The molecule has 4 nitrogen and oxygen atoms in total. The maximum Gasteiger partial charge on any atom is 0.320 e. The minimum Gasteiger partial charge on any atom is -0.480 e. The highest BCUT2D eigenvalue weighted by atomic mass is 16.5. The Morgan fingerprint density at radius 3 is 2.46 bits per heavy atom. The highest BCUT2D eigenvalue weighted by molar-refractivity contribution is 5.73. The van der Waals surface area contributed by atoms with Crippen LogP contribution in [-0.4, -0.2) is 36.4 Å². The Labute approximate surface area is 79.3 Å². The number of ether oxygens (including phenoxy) is 1. The predicted octanol–water partition coefficient (Wildman–Crippen LogP) is 0.864. The van der Waals surface area contributed by atoms with Crippen LogP contribution in [0.5, 0.6) is 0 Å². The number of hydrogen-bond acceptors (Lipinski definition) is 3. The summed E-state index contributed by atoms with van der Waals surface area (Å²) in [5.74, 6) is -0.827. The van der Waals surface area contributed by atoms with E-state index in [-0.39, 0.29) is 0 Å². The van der Waals surface area contributed by atoms with E-state index in [0.29, 0.717) is 13.0 Å². The monoisotopic (exact) mass is 189 g/mol. The summed E-state index contributed by atoms with van der Waals surface area (Å²) in [6.07, 6.45) is 0.465. The van der Waals surface area contributed by atoms with E-state index in [2.05, 4.69) is 5.32 Å². The van der Waals surface area contributed by atoms with Crippen molar-refractivity contribution >= 4 is 5.97 Å². The molecule has 0 aromatic heterocycles. The number of carbonyl (C=O) groups is 1. The van der Waals surface area contributed by atoms with E-state index in [4.69, 9.17) is 9.84 Å². The minimum absolute atomic E-state index is 0.398. The van der Waals surface area contributed by atoms with Crippen LogP contribution < -0.4 is 5.32 Å². The number of carboxylic acids is 1. The summed E-state index contributed by atoms with van der Waals surface area (Å²) in [7, 11) is 1.59. The molecule has 0 aromatic carbocycles. The van der Waals surface area contributed by atoms with Gasteiger partial charge >= 0.3 is 5.97 Å². The van der Waals surface area contributed by atoms with Crippen molar-refractivity contribution in [3.05, 3.63) is 0 Å². The van der Waals surface area contributed by atoms with Crippen LogP contribution in [0.15, 0.2) is 0 Å². The molecule has 13 heavy (non-hydrogen) atoms. The van der Waals surface area contributed by atoms with E-state index < -0.39 is 17.6 Å². The molecule has 0 fully saturated rings. The number of hydrogen-bond donors (Lipinski definition) is 2. The largest absolute Gasteiger partial charge is 0.480 e. The van der Waals surface area contributed by atoms with Crippen LogP contribution in [-0.2, 0) is 9.53 Å². The first-order chi connectivity index (χ1) is 5.93. The third-order valence-corrected chi connectivity index (χ3v) is 2.00. The fourth-order valence-corrected chi connectivity index (χ4v) is 1.07. The van der Waals surface area contributed by atoms with Gasteiger partial charge in [0.1, 0.15) is 6.04 Å². The van der Waals surface area contributed by atoms with Gasteiger partial charge in [0.2, 0.25) is 0 Å². The summed E-state index contributed by atoms with van der Waals surface area (Å²) in [6, 6.07) is -0.528. The molecule has 0 saturated carbocycles. The first-order valence-electron chi connectivity index (χ1n) is 4.44. The van der Waals surface area contributed by atoms with Crippen molar-refractivity contribution in [2.45, 2.75) is 38.8 Å². The maximum absolute atomic E-state index is 10.8. The zero-order chi connectivity index (χ0) is 10.5. The molecule has 1 atom stereocenters. The summed E-state index contributed by atoms with van der Waals surface area (Å²) in [4.78, 5) is 10.8. The Bertz CT molecular complexity index is 168. The van der Waals surface area contributed by atoms with Crippen LogP contribution in [0.3, 0.4) is 0 Å². The molecule has 1 unspecified atom stereocenters.